The smallest absolute Gasteiger partial charge is 0.349 e. The van der Waals surface area contributed by atoms with Crippen molar-refractivity contribution in [3.63, 3.8) is 0 Å². The van der Waals surface area contributed by atoms with E-state index in [1.165, 1.54) is 30.1 Å². The lowest BCUT2D eigenvalue weighted by atomic mass is 10.1. The summed E-state index contributed by atoms with van der Waals surface area (Å²) in [6, 6.07) is 67.7. The van der Waals surface area contributed by atoms with Crippen molar-refractivity contribution >= 4 is 93.3 Å². The molecule has 37 heteroatoms. The number of carboxylic acids is 1. The molecule has 0 bridgehead atoms. The second-order valence-corrected chi connectivity index (χ2v) is 33.1. The first-order valence-electron chi connectivity index (χ1n) is 42.9. The number of nitrogens with zero attached hydrogens (tertiary/aromatic N) is 7. The van der Waals surface area contributed by atoms with Crippen molar-refractivity contribution in [2.75, 3.05) is 58.9 Å². The number of rotatable bonds is 33. The van der Waals surface area contributed by atoms with Gasteiger partial charge in [-0.15, -0.1) is 0 Å². The average Bonchev–Trinajstić information content (AvgIpc) is 1.61. The van der Waals surface area contributed by atoms with Crippen LogP contribution in [0, 0.1) is 0 Å². The van der Waals surface area contributed by atoms with Gasteiger partial charge in [-0.2, -0.15) is 8.42 Å². The number of benzene rings is 8. The van der Waals surface area contributed by atoms with Crippen LogP contribution in [0.15, 0.2) is 218 Å². The number of carbonyl (C=O) groups is 14. The number of esters is 6. The Morgan fingerprint density at radius 3 is 1.01 bits per heavy atom. The Morgan fingerprint density at radius 1 is 0.403 bits per heavy atom. The Labute approximate surface area is 775 Å². The summed E-state index contributed by atoms with van der Waals surface area (Å²) in [6.45, 7) is 10.8. The largest absolute Gasteiger partial charge is 0.478 e. The average molecular weight is 1870 g/mol. The van der Waals surface area contributed by atoms with Gasteiger partial charge in [-0.05, 0) is 66.8 Å². The molecule has 0 spiro atoms. The normalized spacial score (nSPS) is 15.3. The zero-order chi connectivity index (χ0) is 97.1. The summed E-state index contributed by atoms with van der Waals surface area (Å²) in [5.41, 5.74) is 11.4. The summed E-state index contributed by atoms with van der Waals surface area (Å²) >= 11 is 0. The van der Waals surface area contributed by atoms with E-state index in [1.807, 2.05) is 152 Å². The highest BCUT2D eigenvalue weighted by molar-refractivity contribution is 7.86. The zero-order valence-electron chi connectivity index (χ0n) is 75.2. The maximum Gasteiger partial charge on any atom is 0.349 e. The lowest BCUT2D eigenvalue weighted by molar-refractivity contribution is -0.183. The highest BCUT2D eigenvalue weighted by Gasteiger charge is 2.48. The number of nitrogens with one attached hydrogen (secondary N) is 1. The van der Waals surface area contributed by atoms with Crippen LogP contribution in [0.1, 0.15) is 108 Å². The first-order valence-corrected chi connectivity index (χ1v) is 44.7. The summed E-state index contributed by atoms with van der Waals surface area (Å²) < 4.78 is 63.9. The molecule has 7 amide bonds. The second-order valence-electron chi connectivity index (χ2n) is 31.5. The van der Waals surface area contributed by atoms with Crippen LogP contribution in [0.2, 0.25) is 0 Å². The number of aliphatic hydroxyl groups excluding tert-OH is 3. The number of fused-ring (bicyclic) bond motifs is 4. The van der Waals surface area contributed by atoms with Gasteiger partial charge in [0.25, 0.3) is 51.5 Å². The number of ether oxygens (including phenoxy) is 7. The van der Waals surface area contributed by atoms with Gasteiger partial charge in [0.15, 0.2) is 12.2 Å². The Balaban J connectivity index is 0.000000195. The lowest BCUT2D eigenvalue weighted by Gasteiger charge is -2.35. The second kappa shape index (κ2) is 51.2. The third-order valence-electron chi connectivity index (χ3n) is 21.2. The van der Waals surface area contributed by atoms with E-state index in [1.54, 1.807) is 64.4 Å². The van der Waals surface area contributed by atoms with Crippen LogP contribution in [-0.2, 0) is 193 Å². The molecule has 13 rings (SSSR count). The topological polar surface area (TPSA) is 463 Å². The molecular weight excluding hydrogens is 1760 g/mol. The van der Waals surface area contributed by atoms with E-state index >= 15 is 0 Å². The van der Waals surface area contributed by atoms with Crippen LogP contribution in [0.4, 0.5) is 0 Å². The van der Waals surface area contributed by atoms with E-state index in [9.17, 15) is 90.9 Å². The highest BCUT2D eigenvalue weighted by Crippen LogP contribution is 2.31. The van der Waals surface area contributed by atoms with E-state index in [4.69, 9.17) is 37.7 Å². The molecule has 0 aromatic heterocycles. The fourth-order valence-corrected chi connectivity index (χ4v) is 15.4. The quantitative estimate of drug-likeness (QED) is 0.0149. The van der Waals surface area contributed by atoms with E-state index in [-0.39, 0.29) is 91.2 Å². The molecule has 36 nitrogen and oxygen atoms in total. The predicted octanol–water partition coefficient (Wildman–Crippen LogP) is 5.37. The first-order chi connectivity index (χ1) is 64.1. The predicted molar refractivity (Wildman–Crippen MR) is 478 cm³/mol. The molecule has 8 aromatic rings. The van der Waals surface area contributed by atoms with E-state index in [0.717, 1.165) is 110 Å². The molecule has 1 saturated heterocycles. The molecule has 5 N–H and O–H groups in total. The van der Waals surface area contributed by atoms with Gasteiger partial charge in [-0.25, -0.2) is 4.79 Å². The van der Waals surface area contributed by atoms with Crippen LogP contribution in [-0.4, -0.2) is 254 Å². The minimum atomic E-state index is -3.79. The molecule has 712 valence electrons. The third kappa shape index (κ3) is 31.4. The molecule has 8 atom stereocenters. The number of aliphatic carboxylic acids is 1. The SMILES string of the molecule is CC(=O)O[C@@H](C(=O)N(CCO)Cc1ccccc1)[C@@H](OC(C)=O)C(=O)N1Cc2ccccc2C1.CC(=O)O[C@@H](C(=O)N(CCOS(C)(=O)=O)Cc1ccccc1)[C@@H](OC(C)=O)C(=O)N1Cc2ccccc2C1.CC(=O)O[C@@H](C(=O)O)[C@@H](OC(C)=O)C(=O)N1Cc2ccccc2C1.O=C([C@H](O)[C@H]1OCCN(Cc2ccccc2)C1=O)N1Cc2ccccc2C1.OCCNCc1ccccc1. The fraction of sp³-hybridized carbons (Fsp3) is 0.361. The molecule has 5 aliphatic heterocycles. The van der Waals surface area contributed by atoms with Crippen molar-refractivity contribution in [1.82, 2.24) is 39.6 Å². The number of aliphatic hydroxyl groups is 3. The van der Waals surface area contributed by atoms with Gasteiger partial charge in [0.05, 0.1) is 32.7 Å². The molecule has 5 heterocycles. The van der Waals surface area contributed by atoms with E-state index < -0.39 is 136 Å². The van der Waals surface area contributed by atoms with Crippen LogP contribution in [0.25, 0.3) is 0 Å². The number of morpholine rings is 1. The van der Waals surface area contributed by atoms with E-state index in [0.29, 0.717) is 44.9 Å². The minimum Gasteiger partial charge on any atom is -0.478 e. The Kier molecular flexibility index (Phi) is 39.6. The Hall–Kier alpha value is -14.0. The van der Waals surface area contributed by atoms with Gasteiger partial charge in [0.2, 0.25) is 36.6 Å². The van der Waals surface area contributed by atoms with Crippen molar-refractivity contribution < 1.29 is 133 Å². The summed E-state index contributed by atoms with van der Waals surface area (Å²) in [6.07, 6.45) is -12.3. The summed E-state index contributed by atoms with van der Waals surface area (Å²) in [7, 11) is -3.79. The van der Waals surface area contributed by atoms with Gasteiger partial charge in [0, 0.05) is 146 Å². The maximum absolute atomic E-state index is 13.8. The van der Waals surface area contributed by atoms with E-state index in [2.05, 4.69) is 22.2 Å². The third-order valence-corrected chi connectivity index (χ3v) is 21.8. The zero-order valence-corrected chi connectivity index (χ0v) is 76.0. The van der Waals surface area contributed by atoms with Gasteiger partial charge >= 0.3 is 41.8 Å². The molecule has 134 heavy (non-hydrogen) atoms. The van der Waals surface area contributed by atoms with Crippen molar-refractivity contribution in [3.8, 4) is 0 Å². The van der Waals surface area contributed by atoms with Gasteiger partial charge in [-0.3, -0.25) is 66.5 Å². The Bertz CT molecular complexity index is 5410. The van der Waals surface area contributed by atoms with Crippen LogP contribution >= 0.6 is 0 Å². The number of carboxylic acid groups (broad SMARTS) is 1. The summed E-state index contributed by atoms with van der Waals surface area (Å²) in [5.74, 6) is -11.1. The number of amides is 7. The molecule has 0 unspecified atom stereocenters. The van der Waals surface area contributed by atoms with Crippen molar-refractivity contribution in [1.29, 1.82) is 0 Å². The first kappa shape index (κ1) is 104. The van der Waals surface area contributed by atoms with Crippen LogP contribution in [0.3, 0.4) is 0 Å². The minimum absolute atomic E-state index is 0.0132. The van der Waals surface area contributed by atoms with Crippen molar-refractivity contribution in [2.45, 2.75) is 169 Å². The fourth-order valence-electron chi connectivity index (χ4n) is 15.0. The molecule has 0 aliphatic carbocycles. The highest BCUT2D eigenvalue weighted by atomic mass is 32.2. The van der Waals surface area contributed by atoms with Gasteiger partial charge in [0.1, 0.15) is 0 Å². The molecular formula is C97H110N8O28S. The lowest BCUT2D eigenvalue weighted by Crippen LogP contribution is -2.56. The molecule has 8 aromatic carbocycles. The number of hydrogen-bond acceptors (Lipinski definition) is 28. The summed E-state index contributed by atoms with van der Waals surface area (Å²) in [4.78, 5) is 184. The van der Waals surface area contributed by atoms with Crippen LogP contribution < -0.4 is 5.32 Å². The molecule has 5 aliphatic rings. The number of carbonyl (C=O) groups excluding carboxylic acids is 13. The van der Waals surface area contributed by atoms with Gasteiger partial charge in [-0.1, -0.05) is 218 Å². The van der Waals surface area contributed by atoms with Crippen molar-refractivity contribution in [2.24, 2.45) is 0 Å². The Morgan fingerprint density at radius 2 is 0.694 bits per heavy atom. The number of hydrogen-bond donors (Lipinski definition) is 5. The maximum atomic E-state index is 13.8. The van der Waals surface area contributed by atoms with Gasteiger partial charge < -0.3 is 93.2 Å². The van der Waals surface area contributed by atoms with Crippen molar-refractivity contribution in [3.05, 3.63) is 285 Å². The van der Waals surface area contributed by atoms with Crippen LogP contribution in [0.5, 0.6) is 0 Å². The molecule has 1 fully saturated rings. The molecule has 0 saturated carbocycles. The molecule has 0 radical (unpaired) electrons. The standard InChI is InChI=1S/C26H30N2O9S.C25H28N2O7.C21H22N2O4.C16H17NO7.C9H13NO/c1-18(29)36-23(24(37-19(2)30)26(32)28-16-21-11-7-8-12-22(21)17-28)25(31)27(13-14-35-38(3,33)34)15-20-9-5-4-6-10-20;1-17(29)33-22(24(31)26(12-13-28)14-19-8-4-3-5-9-19)23(34-18(2)30)25(32)27-15-20-10-6-7-11-21(20)16-27;24-18(20(25)23-13-16-8-4-5-9-17(16)14-23)19-21(26)22(10-11-27-19)12-15-6-2-1-3-7-15;1-9(18)23-13(14(16(21)22)24-10(2)19)15(20)17-7-11-5-3-4-6-12(11)8-17;11-7-6-10-8-9-4-2-1-3-5-9/h4-12,23-24H,13-17H2,1-3H3;3-11,22-23,28H,12-16H2,1-2H3;1-9,18-19,24H,10-14H2;3-6,13-14H,7-8H2,1-2H3,(H,21,22);1-5,10-11H,6-8H2/t23-,24-;22-,23-;18-,19-;13-,14-;/m1111./s1. The summed E-state index contributed by atoms with van der Waals surface area (Å²) in [5, 5.41) is 40.9. The monoisotopic (exact) mass is 1870 g/mol.